The summed E-state index contributed by atoms with van der Waals surface area (Å²) in [5, 5.41) is 4.59. The number of benzene rings is 2. The Labute approximate surface area is 140 Å². The highest BCUT2D eigenvalue weighted by Gasteiger charge is 2.10. The van der Waals surface area contributed by atoms with Crippen molar-refractivity contribution >= 4 is 39.0 Å². The van der Waals surface area contributed by atoms with Gasteiger partial charge in [-0.3, -0.25) is 4.79 Å². The number of rotatable bonds is 4. The first-order valence-corrected chi connectivity index (χ1v) is 7.59. The van der Waals surface area contributed by atoms with Gasteiger partial charge in [0.25, 0.3) is 11.5 Å². The van der Waals surface area contributed by atoms with Gasteiger partial charge in [-0.25, -0.2) is 10.4 Å². The van der Waals surface area contributed by atoms with Gasteiger partial charge in [0, 0.05) is 4.47 Å². The van der Waals surface area contributed by atoms with Crippen LogP contribution in [0.4, 0.5) is 5.95 Å². The zero-order valence-corrected chi connectivity index (χ0v) is 13.8. The van der Waals surface area contributed by atoms with Crippen LogP contribution in [0.2, 0.25) is 0 Å². The smallest absolute Gasteiger partial charge is 0.295 e. The van der Waals surface area contributed by atoms with Gasteiger partial charge in [0.2, 0.25) is 0 Å². The van der Waals surface area contributed by atoms with Crippen LogP contribution in [-0.2, 0) is 0 Å². The third-order valence-electron chi connectivity index (χ3n) is 3.17. The second kappa shape index (κ2) is 6.62. The van der Waals surface area contributed by atoms with E-state index in [-0.39, 0.29) is 11.5 Å². The highest BCUT2D eigenvalue weighted by Crippen LogP contribution is 2.11. The molecule has 1 aromatic heterocycles. The molecule has 3 rings (SSSR count). The van der Waals surface area contributed by atoms with Crippen molar-refractivity contribution in [1.82, 2.24) is 9.71 Å². The molecule has 0 radical (unpaired) electrons. The fourth-order valence-corrected chi connectivity index (χ4v) is 2.33. The summed E-state index contributed by atoms with van der Waals surface area (Å²) >= 11 is 3.38. The summed E-state index contributed by atoms with van der Waals surface area (Å²) in [5.74, 6) is 0.213. The molecule has 0 fully saturated rings. The number of nitrogens with zero attached hydrogens (tertiary/aromatic N) is 3. The Morgan fingerprint density at radius 2 is 1.96 bits per heavy atom. The number of aromatic nitrogens is 2. The highest BCUT2D eigenvalue weighted by molar-refractivity contribution is 9.10. The van der Waals surface area contributed by atoms with Crippen LogP contribution in [0.5, 0.6) is 0 Å². The van der Waals surface area contributed by atoms with E-state index in [0.29, 0.717) is 10.9 Å². The van der Waals surface area contributed by atoms with Crippen molar-refractivity contribution in [3.63, 3.8) is 0 Å². The first-order valence-electron chi connectivity index (χ1n) is 6.80. The van der Waals surface area contributed by atoms with Gasteiger partial charge in [-0.05, 0) is 29.8 Å². The minimum absolute atomic E-state index is 0.213. The second-order valence-electron chi connectivity index (χ2n) is 4.66. The van der Waals surface area contributed by atoms with Gasteiger partial charge in [0.05, 0.1) is 17.1 Å². The summed E-state index contributed by atoms with van der Waals surface area (Å²) in [6, 6.07) is 14.7. The number of hydrazone groups is 1. The molecule has 0 amide bonds. The molecule has 0 aliphatic rings. The monoisotopic (exact) mass is 372 g/mol. The number of hydrogen-bond acceptors (Lipinski definition) is 5. The number of hydrogen-bond donors (Lipinski definition) is 1. The standard InChI is InChI=1S/C16H13BrN4O2/c1-23-21-15(22)13-4-2-3-5-14(13)19-16(21)20-18-10-11-6-8-12(17)9-7-11/h2-10H,1H3,(H,19,20)/b18-10+. The van der Waals surface area contributed by atoms with E-state index in [1.54, 1.807) is 24.4 Å². The maximum Gasteiger partial charge on any atom is 0.295 e. The van der Waals surface area contributed by atoms with Crippen LogP contribution >= 0.6 is 15.9 Å². The van der Waals surface area contributed by atoms with E-state index in [2.05, 4.69) is 31.4 Å². The van der Waals surface area contributed by atoms with E-state index in [1.807, 2.05) is 30.3 Å². The van der Waals surface area contributed by atoms with Crippen molar-refractivity contribution in [3.8, 4) is 0 Å². The molecule has 0 spiro atoms. The van der Waals surface area contributed by atoms with Gasteiger partial charge in [-0.1, -0.05) is 40.2 Å². The van der Waals surface area contributed by atoms with Crippen molar-refractivity contribution in [1.29, 1.82) is 0 Å². The normalized spacial score (nSPS) is 11.0. The van der Waals surface area contributed by atoms with Gasteiger partial charge in [0.15, 0.2) is 0 Å². The average molecular weight is 373 g/mol. The molecular weight excluding hydrogens is 360 g/mol. The summed E-state index contributed by atoms with van der Waals surface area (Å²) in [5.41, 5.74) is 3.94. The zero-order valence-electron chi connectivity index (χ0n) is 12.2. The quantitative estimate of drug-likeness (QED) is 0.564. The number of nitrogens with one attached hydrogen (secondary N) is 1. The summed E-state index contributed by atoms with van der Waals surface area (Å²) < 4.78 is 2.06. The number of halogens is 1. The molecule has 0 atom stereocenters. The lowest BCUT2D eigenvalue weighted by atomic mass is 10.2. The molecule has 2 aromatic carbocycles. The molecule has 3 aromatic rings. The molecular formula is C16H13BrN4O2. The molecule has 6 nitrogen and oxygen atoms in total. The lowest BCUT2D eigenvalue weighted by Crippen LogP contribution is -2.28. The Morgan fingerprint density at radius 1 is 1.22 bits per heavy atom. The summed E-state index contributed by atoms with van der Waals surface area (Å²) in [4.78, 5) is 21.8. The lowest BCUT2D eigenvalue weighted by Gasteiger charge is -2.10. The van der Waals surface area contributed by atoms with E-state index >= 15 is 0 Å². The molecule has 23 heavy (non-hydrogen) atoms. The van der Waals surface area contributed by atoms with Crippen molar-refractivity contribution in [2.45, 2.75) is 0 Å². The maximum absolute atomic E-state index is 12.4. The molecule has 0 saturated heterocycles. The van der Waals surface area contributed by atoms with Crippen LogP contribution in [-0.4, -0.2) is 23.0 Å². The van der Waals surface area contributed by atoms with Gasteiger partial charge >= 0.3 is 0 Å². The van der Waals surface area contributed by atoms with Crippen molar-refractivity contribution in [2.24, 2.45) is 5.10 Å². The third-order valence-corrected chi connectivity index (χ3v) is 3.70. The van der Waals surface area contributed by atoms with E-state index in [0.717, 1.165) is 14.8 Å². The van der Waals surface area contributed by atoms with Crippen molar-refractivity contribution in [2.75, 3.05) is 12.5 Å². The summed E-state index contributed by atoms with van der Waals surface area (Å²) in [6.07, 6.45) is 1.63. The summed E-state index contributed by atoms with van der Waals surface area (Å²) in [6.45, 7) is 0. The van der Waals surface area contributed by atoms with Crippen LogP contribution in [0.1, 0.15) is 5.56 Å². The molecule has 0 unspecified atom stereocenters. The minimum atomic E-state index is -0.292. The fraction of sp³-hybridized carbons (Fsp3) is 0.0625. The summed E-state index contributed by atoms with van der Waals surface area (Å²) in [7, 11) is 1.40. The number of para-hydroxylation sites is 1. The Kier molecular flexibility index (Phi) is 4.38. The zero-order chi connectivity index (χ0) is 16.2. The van der Waals surface area contributed by atoms with Crippen LogP contribution < -0.4 is 15.8 Å². The Morgan fingerprint density at radius 3 is 2.70 bits per heavy atom. The van der Waals surface area contributed by atoms with Gasteiger partial charge in [-0.2, -0.15) is 5.10 Å². The molecule has 116 valence electrons. The van der Waals surface area contributed by atoms with Crippen LogP contribution in [0.3, 0.4) is 0 Å². The molecule has 1 heterocycles. The SMILES string of the molecule is COn1c(N/N=C/c2ccc(Br)cc2)nc2ccccc2c1=O. The Balaban J connectivity index is 1.93. The second-order valence-corrected chi connectivity index (χ2v) is 5.57. The highest BCUT2D eigenvalue weighted by atomic mass is 79.9. The fourth-order valence-electron chi connectivity index (χ4n) is 2.07. The van der Waals surface area contributed by atoms with Gasteiger partial charge < -0.3 is 4.84 Å². The van der Waals surface area contributed by atoms with Crippen LogP contribution in [0.15, 0.2) is 62.9 Å². The largest absolute Gasteiger partial charge is 0.411 e. The number of anilines is 1. The van der Waals surface area contributed by atoms with Gasteiger partial charge in [-0.15, -0.1) is 4.73 Å². The topological polar surface area (TPSA) is 68.5 Å². The van der Waals surface area contributed by atoms with Gasteiger partial charge in [0.1, 0.15) is 7.11 Å². The first kappa shape index (κ1) is 15.2. The van der Waals surface area contributed by atoms with E-state index in [4.69, 9.17) is 4.84 Å². The molecule has 0 aliphatic heterocycles. The molecule has 0 saturated carbocycles. The molecule has 0 aliphatic carbocycles. The van der Waals surface area contributed by atoms with E-state index < -0.39 is 0 Å². The molecule has 1 N–H and O–H groups in total. The maximum atomic E-state index is 12.4. The number of fused-ring (bicyclic) bond motifs is 1. The molecule has 0 bridgehead atoms. The van der Waals surface area contributed by atoms with Crippen molar-refractivity contribution < 1.29 is 4.84 Å². The third kappa shape index (κ3) is 3.24. The van der Waals surface area contributed by atoms with E-state index in [9.17, 15) is 4.79 Å². The van der Waals surface area contributed by atoms with Crippen molar-refractivity contribution in [3.05, 3.63) is 68.9 Å². The van der Waals surface area contributed by atoms with E-state index in [1.165, 1.54) is 7.11 Å². The Hall–Kier alpha value is -2.67. The predicted molar refractivity (Wildman–Crippen MR) is 93.9 cm³/mol. The molecule has 7 heteroatoms. The van der Waals surface area contributed by atoms with Crippen LogP contribution in [0.25, 0.3) is 10.9 Å². The predicted octanol–water partition coefficient (Wildman–Crippen LogP) is 2.66. The first-order chi connectivity index (χ1) is 11.2. The average Bonchev–Trinajstić information content (AvgIpc) is 2.57. The minimum Gasteiger partial charge on any atom is -0.411 e. The van der Waals surface area contributed by atoms with Crippen LogP contribution in [0, 0.1) is 0 Å². The Bertz CT molecular complexity index is 920. The lowest BCUT2D eigenvalue weighted by molar-refractivity contribution is 0.161.